The van der Waals surface area contributed by atoms with Gasteiger partial charge in [-0.15, -0.1) is 11.8 Å². The quantitative estimate of drug-likeness (QED) is 0.660. The SMILES string of the molecule is CCCCC(=O)Nc1ccc(NC(=O)CSc2ccncc2)cc1Cl. The van der Waals surface area contributed by atoms with Crippen LogP contribution >= 0.6 is 23.4 Å². The minimum atomic E-state index is -0.127. The van der Waals surface area contributed by atoms with Crippen molar-refractivity contribution in [3.05, 3.63) is 47.7 Å². The molecule has 0 atom stereocenters. The molecule has 0 aliphatic carbocycles. The molecule has 0 saturated carbocycles. The Bertz CT molecular complexity index is 726. The van der Waals surface area contributed by atoms with E-state index in [1.54, 1.807) is 30.6 Å². The van der Waals surface area contributed by atoms with Crippen LogP contribution in [0.1, 0.15) is 26.2 Å². The molecular formula is C18H20ClN3O2S. The van der Waals surface area contributed by atoms with Crippen LogP contribution < -0.4 is 10.6 Å². The van der Waals surface area contributed by atoms with Crippen LogP contribution in [0.15, 0.2) is 47.6 Å². The van der Waals surface area contributed by atoms with Crippen molar-refractivity contribution in [1.29, 1.82) is 0 Å². The first-order valence-electron chi connectivity index (χ1n) is 8.00. The van der Waals surface area contributed by atoms with Crippen molar-refractivity contribution in [2.24, 2.45) is 0 Å². The van der Waals surface area contributed by atoms with Crippen LogP contribution in [0.3, 0.4) is 0 Å². The van der Waals surface area contributed by atoms with E-state index in [0.29, 0.717) is 22.8 Å². The Balaban J connectivity index is 1.87. The summed E-state index contributed by atoms with van der Waals surface area (Å²) in [5.41, 5.74) is 1.14. The first kappa shape index (κ1) is 19.3. The second-order valence-corrected chi connectivity index (χ2v) is 6.82. The molecule has 0 aliphatic heterocycles. The van der Waals surface area contributed by atoms with Gasteiger partial charge in [-0.05, 0) is 36.8 Å². The van der Waals surface area contributed by atoms with Gasteiger partial charge in [0.25, 0.3) is 0 Å². The van der Waals surface area contributed by atoms with Gasteiger partial charge in [-0.1, -0.05) is 24.9 Å². The van der Waals surface area contributed by atoms with Crippen LogP contribution in [0.5, 0.6) is 0 Å². The van der Waals surface area contributed by atoms with Crippen molar-refractivity contribution in [2.75, 3.05) is 16.4 Å². The maximum atomic E-state index is 12.0. The molecule has 2 rings (SSSR count). The Hall–Kier alpha value is -2.05. The zero-order valence-electron chi connectivity index (χ0n) is 13.9. The van der Waals surface area contributed by atoms with E-state index in [4.69, 9.17) is 11.6 Å². The van der Waals surface area contributed by atoms with Gasteiger partial charge in [0.15, 0.2) is 0 Å². The summed E-state index contributed by atoms with van der Waals surface area (Å²) in [7, 11) is 0. The van der Waals surface area contributed by atoms with Crippen molar-refractivity contribution in [1.82, 2.24) is 4.98 Å². The average Bonchev–Trinajstić information content (AvgIpc) is 2.61. The summed E-state index contributed by atoms with van der Waals surface area (Å²) >= 11 is 7.61. The lowest BCUT2D eigenvalue weighted by atomic mass is 10.2. The van der Waals surface area contributed by atoms with Crippen LogP contribution in [0.25, 0.3) is 0 Å². The summed E-state index contributed by atoms with van der Waals surface area (Å²) in [4.78, 5) is 28.7. The molecule has 7 heteroatoms. The number of benzene rings is 1. The fourth-order valence-electron chi connectivity index (χ4n) is 2.02. The number of aromatic nitrogens is 1. The molecule has 2 N–H and O–H groups in total. The highest BCUT2D eigenvalue weighted by atomic mass is 35.5. The van der Waals surface area contributed by atoms with E-state index in [0.717, 1.165) is 17.7 Å². The van der Waals surface area contributed by atoms with Gasteiger partial charge in [-0.25, -0.2) is 0 Å². The van der Waals surface area contributed by atoms with Crippen molar-refractivity contribution in [2.45, 2.75) is 31.1 Å². The molecular weight excluding hydrogens is 358 g/mol. The molecule has 2 aromatic rings. The van der Waals surface area contributed by atoms with Crippen LogP contribution in [-0.4, -0.2) is 22.6 Å². The molecule has 1 aromatic carbocycles. The smallest absolute Gasteiger partial charge is 0.234 e. The Morgan fingerprint density at radius 3 is 2.56 bits per heavy atom. The van der Waals surface area contributed by atoms with Gasteiger partial charge in [0, 0.05) is 29.4 Å². The van der Waals surface area contributed by atoms with Crippen LogP contribution in [0.4, 0.5) is 11.4 Å². The molecule has 0 fully saturated rings. The minimum Gasteiger partial charge on any atom is -0.325 e. The van der Waals surface area contributed by atoms with Gasteiger partial charge < -0.3 is 10.6 Å². The largest absolute Gasteiger partial charge is 0.325 e. The number of pyridine rings is 1. The normalized spacial score (nSPS) is 10.3. The number of amides is 2. The molecule has 0 spiro atoms. The second kappa shape index (κ2) is 10.1. The number of rotatable bonds is 8. The lowest BCUT2D eigenvalue weighted by molar-refractivity contribution is -0.116. The van der Waals surface area contributed by atoms with Crippen molar-refractivity contribution >= 4 is 46.6 Å². The Morgan fingerprint density at radius 2 is 1.88 bits per heavy atom. The van der Waals surface area contributed by atoms with Gasteiger partial charge in [0.2, 0.25) is 11.8 Å². The van der Waals surface area contributed by atoms with Crippen LogP contribution in [0.2, 0.25) is 5.02 Å². The monoisotopic (exact) mass is 377 g/mol. The fourth-order valence-corrected chi connectivity index (χ4v) is 2.94. The number of hydrogen-bond donors (Lipinski definition) is 2. The molecule has 0 saturated heterocycles. The first-order valence-corrected chi connectivity index (χ1v) is 9.37. The third kappa shape index (κ3) is 6.76. The summed E-state index contributed by atoms with van der Waals surface area (Å²) < 4.78 is 0. The summed E-state index contributed by atoms with van der Waals surface area (Å²) in [6, 6.07) is 8.75. The Morgan fingerprint density at radius 1 is 1.12 bits per heavy atom. The van der Waals surface area contributed by atoms with E-state index < -0.39 is 0 Å². The number of thioether (sulfide) groups is 1. The summed E-state index contributed by atoms with van der Waals surface area (Å²) in [6.07, 6.45) is 5.65. The number of anilines is 2. The lowest BCUT2D eigenvalue weighted by Crippen LogP contribution is -2.14. The van der Waals surface area contributed by atoms with Crippen molar-refractivity contribution in [3.63, 3.8) is 0 Å². The standard InChI is InChI=1S/C18H20ClN3O2S/c1-2-3-4-17(23)22-16-6-5-13(11-15(16)19)21-18(24)12-25-14-7-9-20-10-8-14/h5-11H,2-4,12H2,1H3,(H,21,24)(H,22,23). The van der Waals surface area contributed by atoms with Gasteiger partial charge in [0.1, 0.15) is 0 Å². The summed E-state index contributed by atoms with van der Waals surface area (Å²) in [6.45, 7) is 2.03. The van der Waals surface area contributed by atoms with Crippen molar-refractivity contribution < 1.29 is 9.59 Å². The fraction of sp³-hybridized carbons (Fsp3) is 0.278. The number of nitrogens with one attached hydrogen (secondary N) is 2. The number of nitrogens with zero attached hydrogens (tertiary/aromatic N) is 1. The van der Waals surface area contributed by atoms with Crippen LogP contribution in [0, 0.1) is 0 Å². The minimum absolute atomic E-state index is 0.0608. The highest BCUT2D eigenvalue weighted by Gasteiger charge is 2.08. The second-order valence-electron chi connectivity index (χ2n) is 5.37. The van der Waals surface area contributed by atoms with E-state index in [2.05, 4.69) is 15.6 Å². The Labute approximate surface area is 156 Å². The molecule has 0 aliphatic rings. The molecule has 0 unspecified atom stereocenters. The van der Waals surface area contributed by atoms with Crippen LogP contribution in [-0.2, 0) is 9.59 Å². The highest BCUT2D eigenvalue weighted by Crippen LogP contribution is 2.26. The van der Waals surface area contributed by atoms with E-state index in [1.807, 2.05) is 19.1 Å². The van der Waals surface area contributed by atoms with E-state index >= 15 is 0 Å². The predicted octanol–water partition coefficient (Wildman–Crippen LogP) is 4.59. The highest BCUT2D eigenvalue weighted by molar-refractivity contribution is 8.00. The molecule has 1 heterocycles. The number of halogens is 1. The lowest BCUT2D eigenvalue weighted by Gasteiger charge is -2.10. The van der Waals surface area contributed by atoms with E-state index in [1.165, 1.54) is 11.8 Å². The number of carbonyl (C=O) groups is 2. The topological polar surface area (TPSA) is 71.1 Å². The molecule has 1 aromatic heterocycles. The van der Waals surface area contributed by atoms with Gasteiger partial charge >= 0.3 is 0 Å². The first-order chi connectivity index (χ1) is 12.1. The van der Waals surface area contributed by atoms with E-state index in [-0.39, 0.29) is 17.6 Å². The third-order valence-corrected chi connectivity index (χ3v) is 4.63. The molecule has 5 nitrogen and oxygen atoms in total. The summed E-state index contributed by atoms with van der Waals surface area (Å²) in [5.74, 6) is 0.101. The van der Waals surface area contributed by atoms with Gasteiger partial charge in [-0.2, -0.15) is 0 Å². The summed E-state index contributed by atoms with van der Waals surface area (Å²) in [5, 5.41) is 5.97. The molecule has 25 heavy (non-hydrogen) atoms. The number of carbonyl (C=O) groups excluding carboxylic acids is 2. The number of unbranched alkanes of at least 4 members (excludes halogenated alkanes) is 1. The zero-order valence-corrected chi connectivity index (χ0v) is 15.5. The zero-order chi connectivity index (χ0) is 18.1. The predicted molar refractivity (Wildman–Crippen MR) is 103 cm³/mol. The maximum absolute atomic E-state index is 12.0. The average molecular weight is 378 g/mol. The molecule has 0 radical (unpaired) electrons. The van der Waals surface area contributed by atoms with Gasteiger partial charge in [-0.3, -0.25) is 14.6 Å². The third-order valence-electron chi connectivity index (χ3n) is 3.30. The van der Waals surface area contributed by atoms with E-state index in [9.17, 15) is 9.59 Å². The molecule has 2 amide bonds. The molecule has 0 bridgehead atoms. The molecule has 132 valence electrons. The van der Waals surface area contributed by atoms with Gasteiger partial charge in [0.05, 0.1) is 16.5 Å². The Kier molecular flexibility index (Phi) is 7.76. The maximum Gasteiger partial charge on any atom is 0.234 e. The number of hydrogen-bond acceptors (Lipinski definition) is 4. The van der Waals surface area contributed by atoms with Crippen molar-refractivity contribution in [3.8, 4) is 0 Å².